The van der Waals surface area contributed by atoms with Gasteiger partial charge in [-0.2, -0.15) is 13.2 Å². The smallest absolute Gasteiger partial charge is 0.402 e. The summed E-state index contributed by atoms with van der Waals surface area (Å²) >= 11 is 0. The molecule has 1 atom stereocenters. The van der Waals surface area contributed by atoms with Gasteiger partial charge in [0, 0.05) is 12.0 Å². The fraction of sp³-hybridized carbons (Fsp3) is 0.750. The Morgan fingerprint density at radius 1 is 1.28 bits per heavy atom. The minimum atomic E-state index is -4.74. The Balaban J connectivity index is 5.15. The van der Waals surface area contributed by atoms with Crippen molar-refractivity contribution in [2.45, 2.75) is 40.3 Å². The lowest BCUT2D eigenvalue weighted by molar-refractivity contribution is -0.197. The van der Waals surface area contributed by atoms with E-state index in [9.17, 15) is 22.8 Å². The first-order valence-electron chi connectivity index (χ1n) is 5.51. The van der Waals surface area contributed by atoms with Gasteiger partial charge in [-0.1, -0.05) is 20.8 Å². The lowest BCUT2D eigenvalue weighted by Gasteiger charge is -2.24. The second-order valence-corrected chi connectivity index (χ2v) is 4.88. The van der Waals surface area contributed by atoms with Crippen LogP contribution in [0.4, 0.5) is 13.2 Å². The third-order valence-corrected chi connectivity index (χ3v) is 2.40. The van der Waals surface area contributed by atoms with Crippen molar-refractivity contribution in [2.75, 3.05) is 6.61 Å². The van der Waals surface area contributed by atoms with Gasteiger partial charge in [-0.25, -0.2) is 4.79 Å². The van der Waals surface area contributed by atoms with Gasteiger partial charge in [-0.3, -0.25) is 4.79 Å². The molecule has 3 nitrogen and oxygen atoms in total. The lowest BCUT2D eigenvalue weighted by atomic mass is 9.82. The third kappa shape index (κ3) is 4.92. The molecule has 0 aliphatic rings. The van der Waals surface area contributed by atoms with E-state index in [1.165, 1.54) is 12.9 Å². The molecule has 0 heterocycles. The average molecular weight is 266 g/mol. The fourth-order valence-corrected chi connectivity index (χ4v) is 1.28. The van der Waals surface area contributed by atoms with Crippen LogP contribution in [0.15, 0.2) is 5.57 Å². The van der Waals surface area contributed by atoms with Crippen LogP contribution in [0.1, 0.15) is 34.1 Å². The van der Waals surface area contributed by atoms with E-state index >= 15 is 0 Å². The maximum absolute atomic E-state index is 12.7. The summed E-state index contributed by atoms with van der Waals surface area (Å²) in [6, 6.07) is 0. The van der Waals surface area contributed by atoms with Gasteiger partial charge in [0.15, 0.2) is 5.92 Å². The minimum Gasteiger partial charge on any atom is -0.466 e. The number of rotatable bonds is 4. The van der Waals surface area contributed by atoms with Crippen molar-refractivity contribution >= 4 is 11.9 Å². The maximum atomic E-state index is 12.7. The molecule has 0 fully saturated rings. The Labute approximate surface area is 104 Å². The Morgan fingerprint density at radius 3 is 2.06 bits per heavy atom. The Kier molecular flexibility index (Phi) is 5.61. The molecule has 1 unspecified atom stereocenters. The van der Waals surface area contributed by atoms with E-state index in [0.29, 0.717) is 0 Å². The quantitative estimate of drug-likeness (QED) is 0.580. The molecule has 104 valence electrons. The molecule has 0 N–H and O–H groups in total. The SMILES string of the molecule is CCOC(=O)C(CC(=C=O)C(C)(C)C)C(F)(F)F. The second kappa shape index (κ2) is 6.05. The monoisotopic (exact) mass is 266 g/mol. The van der Waals surface area contributed by atoms with Crippen molar-refractivity contribution in [3.8, 4) is 0 Å². The normalized spacial score (nSPS) is 13.7. The first-order chi connectivity index (χ1) is 8.04. The molecule has 0 spiro atoms. The molecule has 0 saturated heterocycles. The summed E-state index contributed by atoms with van der Waals surface area (Å²) in [5.41, 5.74) is -0.851. The molecule has 0 rings (SSSR count). The highest BCUT2D eigenvalue weighted by Gasteiger charge is 2.47. The molecule has 6 heteroatoms. The summed E-state index contributed by atoms with van der Waals surface area (Å²) in [5, 5.41) is 0. The highest BCUT2D eigenvalue weighted by molar-refractivity contribution is 5.74. The molecular weight excluding hydrogens is 249 g/mol. The van der Waals surface area contributed by atoms with Gasteiger partial charge in [-0.15, -0.1) is 0 Å². The van der Waals surface area contributed by atoms with Crippen molar-refractivity contribution in [1.82, 2.24) is 0 Å². The molecular formula is C12H17F3O3. The van der Waals surface area contributed by atoms with Gasteiger partial charge in [0.25, 0.3) is 0 Å². The van der Waals surface area contributed by atoms with Gasteiger partial charge < -0.3 is 4.74 Å². The predicted octanol–water partition coefficient (Wildman–Crippen LogP) is 2.92. The number of ether oxygens (including phenoxy) is 1. The molecule has 0 saturated carbocycles. The standard InChI is InChI=1S/C12H17F3O3/c1-5-18-10(17)9(12(13,14)15)6-8(7-16)11(2,3)4/h9H,5-6H2,1-4H3. The van der Waals surface area contributed by atoms with Crippen molar-refractivity contribution < 1.29 is 27.5 Å². The number of carbonyl (C=O) groups excluding carboxylic acids is 2. The zero-order valence-electron chi connectivity index (χ0n) is 10.9. The first-order valence-corrected chi connectivity index (χ1v) is 5.51. The predicted molar refractivity (Wildman–Crippen MR) is 59.5 cm³/mol. The number of halogens is 3. The summed E-state index contributed by atoms with van der Waals surface area (Å²) in [6.45, 7) is 6.05. The first kappa shape index (κ1) is 16.7. The third-order valence-electron chi connectivity index (χ3n) is 2.40. The van der Waals surface area contributed by atoms with Crippen LogP contribution in [0, 0.1) is 11.3 Å². The summed E-state index contributed by atoms with van der Waals surface area (Å²) < 4.78 is 42.6. The Hall–Kier alpha value is -1.29. The summed E-state index contributed by atoms with van der Waals surface area (Å²) in [6.07, 6.45) is -5.45. The van der Waals surface area contributed by atoms with E-state index in [-0.39, 0.29) is 12.2 Å². The molecule has 0 aliphatic carbocycles. The van der Waals surface area contributed by atoms with Crippen LogP contribution in [0.5, 0.6) is 0 Å². The van der Waals surface area contributed by atoms with Crippen molar-refractivity contribution in [3.05, 3.63) is 5.57 Å². The van der Waals surface area contributed by atoms with Gasteiger partial charge in [-0.05, 0) is 12.3 Å². The number of allylic oxidation sites excluding steroid dienone is 1. The van der Waals surface area contributed by atoms with E-state index in [1.54, 1.807) is 20.8 Å². The fourth-order valence-electron chi connectivity index (χ4n) is 1.28. The maximum Gasteiger partial charge on any atom is 0.402 e. The van der Waals surface area contributed by atoms with E-state index in [1.807, 2.05) is 0 Å². The molecule has 18 heavy (non-hydrogen) atoms. The summed E-state index contributed by atoms with van der Waals surface area (Å²) in [7, 11) is 0. The molecule has 0 amide bonds. The van der Waals surface area contributed by atoms with Crippen molar-refractivity contribution in [3.63, 3.8) is 0 Å². The summed E-state index contributed by atoms with van der Waals surface area (Å²) in [4.78, 5) is 22.0. The van der Waals surface area contributed by atoms with E-state index in [0.717, 1.165) is 0 Å². The molecule has 0 bridgehead atoms. The van der Waals surface area contributed by atoms with E-state index in [4.69, 9.17) is 0 Å². The molecule has 0 aromatic carbocycles. The lowest BCUT2D eigenvalue weighted by Crippen LogP contribution is -2.34. The average Bonchev–Trinajstić information content (AvgIpc) is 2.14. The van der Waals surface area contributed by atoms with Crippen LogP contribution >= 0.6 is 0 Å². The van der Waals surface area contributed by atoms with E-state index < -0.39 is 29.9 Å². The van der Waals surface area contributed by atoms with Crippen molar-refractivity contribution in [1.29, 1.82) is 0 Å². The van der Waals surface area contributed by atoms with Crippen LogP contribution in [0.2, 0.25) is 0 Å². The number of alkyl halides is 3. The number of carbonyl (C=O) groups is 1. The summed E-state index contributed by atoms with van der Waals surface area (Å²) in [5.74, 6) is -2.17. The highest BCUT2D eigenvalue weighted by Crippen LogP contribution is 2.36. The van der Waals surface area contributed by atoms with Crippen LogP contribution in [-0.4, -0.2) is 24.7 Å². The zero-order chi connectivity index (χ0) is 14.6. The van der Waals surface area contributed by atoms with Gasteiger partial charge in [0.05, 0.1) is 6.61 Å². The van der Waals surface area contributed by atoms with Crippen LogP contribution in [-0.2, 0) is 14.3 Å². The molecule has 0 aromatic rings. The Morgan fingerprint density at radius 2 is 1.78 bits per heavy atom. The van der Waals surface area contributed by atoms with Gasteiger partial charge in [0.2, 0.25) is 0 Å². The molecule has 0 aliphatic heterocycles. The largest absolute Gasteiger partial charge is 0.466 e. The minimum absolute atomic E-state index is 0.0853. The second-order valence-electron chi connectivity index (χ2n) is 4.88. The van der Waals surface area contributed by atoms with Crippen LogP contribution in [0.3, 0.4) is 0 Å². The number of hydrogen-bond acceptors (Lipinski definition) is 3. The van der Waals surface area contributed by atoms with Crippen molar-refractivity contribution in [2.24, 2.45) is 11.3 Å². The zero-order valence-corrected chi connectivity index (χ0v) is 10.9. The number of esters is 1. The van der Waals surface area contributed by atoms with Crippen LogP contribution < -0.4 is 0 Å². The number of hydrogen-bond donors (Lipinski definition) is 0. The Bertz CT molecular complexity index is 347. The molecule has 0 aromatic heterocycles. The van der Waals surface area contributed by atoms with Gasteiger partial charge >= 0.3 is 12.1 Å². The van der Waals surface area contributed by atoms with Gasteiger partial charge in [0.1, 0.15) is 5.94 Å². The topological polar surface area (TPSA) is 43.4 Å². The van der Waals surface area contributed by atoms with E-state index in [2.05, 4.69) is 4.74 Å². The molecule has 0 radical (unpaired) electrons. The van der Waals surface area contributed by atoms with Crippen LogP contribution in [0.25, 0.3) is 0 Å². The highest BCUT2D eigenvalue weighted by atomic mass is 19.4.